The molecule has 0 aromatic rings. The van der Waals surface area contributed by atoms with Gasteiger partial charge in [0.2, 0.25) is 0 Å². The van der Waals surface area contributed by atoms with E-state index in [0.717, 1.165) is 0 Å². The van der Waals surface area contributed by atoms with E-state index in [2.05, 4.69) is 17.5 Å². The molecule has 0 saturated heterocycles. The SMILES string of the molecule is OOCCS. The van der Waals surface area contributed by atoms with Gasteiger partial charge in [0.15, 0.2) is 0 Å². The second-order valence-corrected chi connectivity index (χ2v) is 1.00. The molecule has 3 heteroatoms. The highest BCUT2D eigenvalue weighted by Crippen LogP contribution is 1.69. The summed E-state index contributed by atoms with van der Waals surface area (Å²) in [7, 11) is 0. The summed E-state index contributed by atoms with van der Waals surface area (Å²) < 4.78 is 0. The number of hydrogen-bond donors (Lipinski definition) is 2. The third-order valence-corrected chi connectivity index (χ3v) is 0.365. The first-order chi connectivity index (χ1) is 2.41. The van der Waals surface area contributed by atoms with Gasteiger partial charge in [-0.25, -0.2) is 4.89 Å². The fourth-order valence-electron chi connectivity index (χ4n) is 0.0408. The predicted octanol–water partition coefficient (Wildman–Crippen LogP) is 0.406. The van der Waals surface area contributed by atoms with E-state index < -0.39 is 0 Å². The van der Waals surface area contributed by atoms with Gasteiger partial charge in [0.1, 0.15) is 0 Å². The molecular formula is C2H6O2S. The van der Waals surface area contributed by atoms with Crippen LogP contribution in [0.1, 0.15) is 0 Å². The van der Waals surface area contributed by atoms with Crippen molar-refractivity contribution in [1.29, 1.82) is 0 Å². The van der Waals surface area contributed by atoms with Crippen LogP contribution in [0.2, 0.25) is 0 Å². The second kappa shape index (κ2) is 4.27. The largest absolute Gasteiger partial charge is 0.252 e. The topological polar surface area (TPSA) is 29.5 Å². The van der Waals surface area contributed by atoms with Crippen LogP contribution in [0.3, 0.4) is 0 Å². The minimum Gasteiger partial charge on any atom is -0.252 e. The molecule has 0 radical (unpaired) electrons. The predicted molar refractivity (Wildman–Crippen MR) is 22.4 cm³/mol. The number of hydrogen-bond acceptors (Lipinski definition) is 3. The lowest BCUT2D eigenvalue weighted by molar-refractivity contribution is -0.236. The van der Waals surface area contributed by atoms with Crippen molar-refractivity contribution in [2.45, 2.75) is 0 Å². The molecule has 0 heterocycles. The van der Waals surface area contributed by atoms with Crippen molar-refractivity contribution in [1.82, 2.24) is 0 Å². The summed E-state index contributed by atoms with van der Waals surface area (Å²) in [5, 5.41) is 7.52. The third kappa shape index (κ3) is 4.27. The summed E-state index contributed by atoms with van der Waals surface area (Å²) in [5.41, 5.74) is 0. The average Bonchev–Trinajstić information content (AvgIpc) is 1.41. The molecule has 0 fully saturated rings. The van der Waals surface area contributed by atoms with Gasteiger partial charge in [0, 0.05) is 5.75 Å². The van der Waals surface area contributed by atoms with Crippen LogP contribution in [0.25, 0.3) is 0 Å². The maximum atomic E-state index is 7.52. The lowest BCUT2D eigenvalue weighted by Gasteiger charge is -1.81. The van der Waals surface area contributed by atoms with Gasteiger partial charge < -0.3 is 0 Å². The van der Waals surface area contributed by atoms with Crippen molar-refractivity contribution in [3.8, 4) is 0 Å². The van der Waals surface area contributed by atoms with E-state index in [-0.39, 0.29) is 0 Å². The summed E-state index contributed by atoms with van der Waals surface area (Å²) in [5.74, 6) is 0.566. The maximum Gasteiger partial charge on any atom is 0.0907 e. The zero-order chi connectivity index (χ0) is 4.12. The third-order valence-electron chi connectivity index (χ3n) is 0.183. The molecule has 0 rings (SSSR count). The molecule has 0 aliphatic heterocycles. The van der Waals surface area contributed by atoms with E-state index in [1.54, 1.807) is 0 Å². The van der Waals surface area contributed by atoms with E-state index >= 15 is 0 Å². The molecule has 0 aliphatic rings. The summed E-state index contributed by atoms with van der Waals surface area (Å²) in [6.45, 7) is 0.309. The van der Waals surface area contributed by atoms with Crippen molar-refractivity contribution in [2.24, 2.45) is 0 Å². The Labute approximate surface area is 36.1 Å². The van der Waals surface area contributed by atoms with Crippen LogP contribution >= 0.6 is 12.6 Å². The molecule has 0 spiro atoms. The van der Waals surface area contributed by atoms with Crippen LogP contribution in [0.5, 0.6) is 0 Å². The molecule has 0 unspecified atom stereocenters. The Bertz CT molecular complexity index is 15.1. The van der Waals surface area contributed by atoms with Gasteiger partial charge in [0.25, 0.3) is 0 Å². The molecular weight excluding hydrogens is 88.1 g/mol. The Balaban J connectivity index is 2.19. The molecule has 0 aromatic heterocycles. The molecule has 0 atom stereocenters. The van der Waals surface area contributed by atoms with Crippen molar-refractivity contribution < 1.29 is 10.1 Å². The van der Waals surface area contributed by atoms with Crippen molar-refractivity contribution in [3.05, 3.63) is 0 Å². The van der Waals surface area contributed by atoms with Gasteiger partial charge in [-0.2, -0.15) is 12.6 Å². The van der Waals surface area contributed by atoms with E-state index in [4.69, 9.17) is 5.26 Å². The van der Waals surface area contributed by atoms with Gasteiger partial charge in [-0.1, -0.05) is 0 Å². The van der Waals surface area contributed by atoms with Gasteiger partial charge >= 0.3 is 0 Å². The summed E-state index contributed by atoms with van der Waals surface area (Å²) >= 11 is 3.72. The van der Waals surface area contributed by atoms with Crippen LogP contribution < -0.4 is 0 Å². The minimum atomic E-state index is 0.309. The van der Waals surface area contributed by atoms with Crippen LogP contribution in [-0.2, 0) is 4.89 Å². The Morgan fingerprint density at radius 3 is 2.40 bits per heavy atom. The van der Waals surface area contributed by atoms with Crippen LogP contribution in [0, 0.1) is 0 Å². The van der Waals surface area contributed by atoms with Crippen LogP contribution in [0.4, 0.5) is 0 Å². The Morgan fingerprint density at radius 2 is 2.40 bits per heavy atom. The molecule has 2 nitrogen and oxygen atoms in total. The number of thiol groups is 1. The lowest BCUT2D eigenvalue weighted by Crippen LogP contribution is -1.86. The minimum absolute atomic E-state index is 0.309. The Hall–Kier alpha value is 0.270. The molecule has 0 aliphatic carbocycles. The zero-order valence-corrected chi connectivity index (χ0v) is 3.61. The fourth-order valence-corrected chi connectivity index (χ4v) is 0.122. The quantitative estimate of drug-likeness (QED) is 0.295. The molecule has 0 aromatic carbocycles. The standard InChI is InChI=1S/C2H6O2S/c3-4-1-2-5/h3,5H,1-2H2. The van der Waals surface area contributed by atoms with E-state index in [9.17, 15) is 0 Å². The monoisotopic (exact) mass is 94.0 g/mol. The first-order valence-electron chi connectivity index (χ1n) is 1.29. The van der Waals surface area contributed by atoms with Gasteiger partial charge in [-0.3, -0.25) is 5.26 Å². The first kappa shape index (κ1) is 5.27. The Kier molecular flexibility index (Phi) is 4.50. The molecule has 5 heavy (non-hydrogen) atoms. The van der Waals surface area contributed by atoms with Crippen molar-refractivity contribution in [2.75, 3.05) is 12.4 Å². The van der Waals surface area contributed by atoms with E-state index in [1.807, 2.05) is 0 Å². The van der Waals surface area contributed by atoms with Gasteiger partial charge in [-0.05, 0) is 0 Å². The van der Waals surface area contributed by atoms with E-state index in [1.165, 1.54) is 0 Å². The van der Waals surface area contributed by atoms with Crippen molar-refractivity contribution in [3.63, 3.8) is 0 Å². The summed E-state index contributed by atoms with van der Waals surface area (Å²) in [6, 6.07) is 0. The van der Waals surface area contributed by atoms with Crippen LogP contribution in [0.15, 0.2) is 0 Å². The molecule has 0 saturated carbocycles. The van der Waals surface area contributed by atoms with Gasteiger partial charge in [-0.15, -0.1) is 0 Å². The maximum absolute atomic E-state index is 7.52. The molecule has 1 N–H and O–H groups in total. The fraction of sp³-hybridized carbons (Fsp3) is 1.00. The van der Waals surface area contributed by atoms with Crippen LogP contribution in [-0.4, -0.2) is 17.6 Å². The first-order valence-corrected chi connectivity index (χ1v) is 1.92. The number of rotatable bonds is 2. The highest BCUT2D eigenvalue weighted by atomic mass is 32.1. The van der Waals surface area contributed by atoms with E-state index in [0.29, 0.717) is 12.4 Å². The molecule has 0 bridgehead atoms. The lowest BCUT2D eigenvalue weighted by atomic mass is 10.9. The average molecular weight is 94.1 g/mol. The van der Waals surface area contributed by atoms with Crippen molar-refractivity contribution >= 4 is 12.6 Å². The summed E-state index contributed by atoms with van der Waals surface area (Å²) in [4.78, 5) is 3.61. The highest BCUT2D eigenvalue weighted by Gasteiger charge is 1.69. The normalized spacial score (nSPS) is 8.40. The molecule has 32 valence electrons. The Morgan fingerprint density at radius 1 is 1.80 bits per heavy atom. The second-order valence-electron chi connectivity index (χ2n) is 0.557. The zero-order valence-electron chi connectivity index (χ0n) is 2.72. The highest BCUT2D eigenvalue weighted by molar-refractivity contribution is 7.80. The summed E-state index contributed by atoms with van der Waals surface area (Å²) in [6.07, 6.45) is 0. The smallest absolute Gasteiger partial charge is 0.0907 e. The van der Waals surface area contributed by atoms with Gasteiger partial charge in [0.05, 0.1) is 6.61 Å². The molecule has 0 amide bonds.